The molecule has 0 aliphatic heterocycles. The molecule has 0 saturated heterocycles. The van der Waals surface area contributed by atoms with Crippen molar-refractivity contribution in [3.05, 3.63) is 35.4 Å². The van der Waals surface area contributed by atoms with Crippen LogP contribution in [0.1, 0.15) is 40.0 Å². The summed E-state index contributed by atoms with van der Waals surface area (Å²) < 4.78 is 1.54. The van der Waals surface area contributed by atoms with Gasteiger partial charge in [0.2, 0.25) is 0 Å². The summed E-state index contributed by atoms with van der Waals surface area (Å²) in [5.41, 5.74) is 0.473. The van der Waals surface area contributed by atoms with Gasteiger partial charge in [0.05, 0.1) is 11.1 Å². The molecule has 0 aliphatic rings. The average Bonchev–Trinajstić information content (AvgIpc) is 2.68. The third-order valence-corrected chi connectivity index (χ3v) is 2.63. The van der Waals surface area contributed by atoms with Crippen LogP contribution in [-0.2, 0) is 6.42 Å². The Bertz CT molecular complexity index is 630. The Kier molecular flexibility index (Phi) is 3.01. The minimum atomic E-state index is -1.11. The number of fused-ring (bicyclic) bond motifs is 1. The molecule has 94 valence electrons. The molecule has 0 bridgehead atoms. The maximum Gasteiger partial charge on any atom is 0.356 e. The van der Waals surface area contributed by atoms with Crippen molar-refractivity contribution in [3.63, 3.8) is 0 Å². The number of imidazole rings is 1. The summed E-state index contributed by atoms with van der Waals surface area (Å²) in [4.78, 5) is 26.0. The maximum atomic E-state index is 11.1. The molecule has 18 heavy (non-hydrogen) atoms. The molecule has 0 atom stereocenters. The number of carboxylic acids is 2. The summed E-state index contributed by atoms with van der Waals surface area (Å²) in [6.45, 7) is 1.95. The molecule has 6 nitrogen and oxygen atoms in total. The maximum absolute atomic E-state index is 11.1. The van der Waals surface area contributed by atoms with E-state index in [-0.39, 0.29) is 11.3 Å². The topological polar surface area (TPSA) is 91.9 Å². The van der Waals surface area contributed by atoms with Crippen LogP contribution < -0.4 is 0 Å². The molecule has 0 radical (unpaired) electrons. The molecule has 0 amide bonds. The number of carbonyl (C=O) groups is 2. The molecule has 0 spiro atoms. The fourth-order valence-electron chi connectivity index (χ4n) is 1.83. The molecule has 6 heteroatoms. The highest BCUT2D eigenvalue weighted by Gasteiger charge is 2.17. The van der Waals surface area contributed by atoms with Gasteiger partial charge in [-0.15, -0.1) is 0 Å². The molecule has 0 unspecified atom stereocenters. The van der Waals surface area contributed by atoms with Crippen LogP contribution in [0.15, 0.2) is 18.3 Å². The lowest BCUT2D eigenvalue weighted by atomic mass is 10.2. The van der Waals surface area contributed by atoms with Crippen molar-refractivity contribution in [1.82, 2.24) is 9.38 Å². The predicted molar refractivity (Wildman–Crippen MR) is 63.1 cm³/mol. The molecule has 2 aromatic heterocycles. The van der Waals surface area contributed by atoms with Crippen molar-refractivity contribution in [2.75, 3.05) is 0 Å². The van der Waals surface area contributed by atoms with Crippen LogP contribution in [0.3, 0.4) is 0 Å². The van der Waals surface area contributed by atoms with Gasteiger partial charge in [-0.05, 0) is 18.6 Å². The second kappa shape index (κ2) is 4.48. The van der Waals surface area contributed by atoms with Crippen LogP contribution in [0.5, 0.6) is 0 Å². The first-order valence-electron chi connectivity index (χ1n) is 5.52. The Morgan fingerprint density at radius 3 is 2.56 bits per heavy atom. The van der Waals surface area contributed by atoms with E-state index in [1.807, 2.05) is 6.92 Å². The number of hydrogen-bond donors (Lipinski definition) is 2. The van der Waals surface area contributed by atoms with E-state index >= 15 is 0 Å². The Balaban J connectivity index is 2.70. The molecule has 2 heterocycles. The van der Waals surface area contributed by atoms with Crippen LogP contribution in [-0.4, -0.2) is 31.5 Å². The average molecular weight is 248 g/mol. The smallest absolute Gasteiger partial charge is 0.356 e. The minimum absolute atomic E-state index is 0.0459. The van der Waals surface area contributed by atoms with Crippen molar-refractivity contribution in [2.24, 2.45) is 0 Å². The predicted octanol–water partition coefficient (Wildman–Crippen LogP) is 1.68. The largest absolute Gasteiger partial charge is 0.478 e. The quantitative estimate of drug-likeness (QED) is 0.858. The lowest BCUT2D eigenvalue weighted by Crippen LogP contribution is -2.01. The van der Waals surface area contributed by atoms with Gasteiger partial charge in [-0.1, -0.05) is 6.92 Å². The van der Waals surface area contributed by atoms with Gasteiger partial charge in [0.1, 0.15) is 5.82 Å². The number of nitrogens with zero attached hydrogens (tertiary/aromatic N) is 2. The molecule has 0 aliphatic carbocycles. The molecule has 0 saturated carbocycles. The minimum Gasteiger partial charge on any atom is -0.478 e. The van der Waals surface area contributed by atoms with E-state index in [9.17, 15) is 9.59 Å². The van der Waals surface area contributed by atoms with E-state index in [1.54, 1.807) is 0 Å². The number of pyridine rings is 1. The van der Waals surface area contributed by atoms with Crippen molar-refractivity contribution >= 4 is 17.5 Å². The monoisotopic (exact) mass is 248 g/mol. The Hall–Kier alpha value is -2.37. The van der Waals surface area contributed by atoms with E-state index in [0.717, 1.165) is 6.42 Å². The zero-order valence-corrected chi connectivity index (χ0v) is 9.75. The van der Waals surface area contributed by atoms with Gasteiger partial charge in [-0.25, -0.2) is 14.6 Å². The van der Waals surface area contributed by atoms with Gasteiger partial charge in [0, 0.05) is 12.6 Å². The highest BCUT2D eigenvalue weighted by molar-refractivity contribution is 5.94. The van der Waals surface area contributed by atoms with Gasteiger partial charge < -0.3 is 14.6 Å². The molecule has 2 N–H and O–H groups in total. The highest BCUT2D eigenvalue weighted by Crippen LogP contribution is 2.16. The molecular formula is C12H12N2O4. The van der Waals surface area contributed by atoms with Gasteiger partial charge in [0.15, 0.2) is 5.69 Å². The second-order valence-corrected chi connectivity index (χ2v) is 3.91. The SMILES string of the molecule is CCCc1nc(C(=O)O)c2ccc(C(=O)O)cn12. The first-order valence-corrected chi connectivity index (χ1v) is 5.52. The summed E-state index contributed by atoms with van der Waals surface area (Å²) in [6.07, 6.45) is 2.80. The fourth-order valence-corrected chi connectivity index (χ4v) is 1.83. The number of aromatic carboxylic acids is 2. The van der Waals surface area contributed by atoms with Crippen molar-refractivity contribution in [1.29, 1.82) is 0 Å². The van der Waals surface area contributed by atoms with Crippen molar-refractivity contribution in [3.8, 4) is 0 Å². The van der Waals surface area contributed by atoms with E-state index in [0.29, 0.717) is 17.8 Å². The van der Waals surface area contributed by atoms with Crippen LogP contribution >= 0.6 is 0 Å². The zero-order chi connectivity index (χ0) is 13.3. The van der Waals surface area contributed by atoms with Crippen LogP contribution in [0.25, 0.3) is 5.52 Å². The van der Waals surface area contributed by atoms with Crippen LogP contribution in [0.4, 0.5) is 0 Å². The molecule has 0 aromatic carbocycles. The standard InChI is InChI=1S/C12H12N2O4/c1-2-3-9-13-10(12(17)18)8-5-4-7(11(15)16)6-14(8)9/h4-6H,2-3H2,1H3,(H,15,16)(H,17,18). The number of carboxylic acid groups (broad SMARTS) is 2. The van der Waals surface area contributed by atoms with Gasteiger partial charge in [-0.3, -0.25) is 0 Å². The number of aryl methyl sites for hydroxylation is 1. The van der Waals surface area contributed by atoms with E-state index in [1.165, 1.54) is 22.7 Å². The Labute approximate surface area is 103 Å². The van der Waals surface area contributed by atoms with E-state index in [4.69, 9.17) is 10.2 Å². The number of rotatable bonds is 4. The summed E-state index contributed by atoms with van der Waals surface area (Å²) in [6, 6.07) is 2.85. The van der Waals surface area contributed by atoms with Crippen LogP contribution in [0.2, 0.25) is 0 Å². The lowest BCUT2D eigenvalue weighted by Gasteiger charge is -2.01. The molecule has 2 rings (SSSR count). The van der Waals surface area contributed by atoms with E-state index in [2.05, 4.69) is 4.98 Å². The lowest BCUT2D eigenvalue weighted by molar-refractivity contribution is 0.0684. The fraction of sp³-hybridized carbons (Fsp3) is 0.250. The zero-order valence-electron chi connectivity index (χ0n) is 9.75. The summed E-state index contributed by atoms with van der Waals surface area (Å²) in [5.74, 6) is -1.60. The van der Waals surface area contributed by atoms with E-state index < -0.39 is 11.9 Å². The molecule has 0 fully saturated rings. The summed E-state index contributed by atoms with van der Waals surface area (Å²) >= 11 is 0. The van der Waals surface area contributed by atoms with Gasteiger partial charge in [0.25, 0.3) is 0 Å². The summed E-state index contributed by atoms with van der Waals surface area (Å²) in [7, 11) is 0. The Morgan fingerprint density at radius 2 is 2.00 bits per heavy atom. The first kappa shape index (κ1) is 12.1. The number of hydrogen-bond acceptors (Lipinski definition) is 3. The highest BCUT2D eigenvalue weighted by atomic mass is 16.4. The molecule has 2 aromatic rings. The normalized spacial score (nSPS) is 10.7. The first-order chi connectivity index (χ1) is 8.54. The third kappa shape index (κ3) is 1.92. The summed E-state index contributed by atoms with van der Waals surface area (Å²) in [5, 5.41) is 18.0. The second-order valence-electron chi connectivity index (χ2n) is 3.91. The van der Waals surface area contributed by atoms with Crippen molar-refractivity contribution in [2.45, 2.75) is 19.8 Å². The number of aromatic nitrogens is 2. The van der Waals surface area contributed by atoms with Crippen molar-refractivity contribution < 1.29 is 19.8 Å². The third-order valence-electron chi connectivity index (χ3n) is 2.63. The van der Waals surface area contributed by atoms with Gasteiger partial charge >= 0.3 is 11.9 Å². The van der Waals surface area contributed by atoms with Gasteiger partial charge in [-0.2, -0.15) is 0 Å². The van der Waals surface area contributed by atoms with Crippen LogP contribution in [0, 0.1) is 0 Å². The Morgan fingerprint density at radius 1 is 1.28 bits per heavy atom. The molecular weight excluding hydrogens is 236 g/mol.